The van der Waals surface area contributed by atoms with Gasteiger partial charge in [-0.05, 0) is 24.3 Å². The molecule has 0 atom stereocenters. The van der Waals surface area contributed by atoms with Crippen LogP contribution in [0.2, 0.25) is 0 Å². The molecular weight excluding hydrogens is 428 g/mol. The van der Waals surface area contributed by atoms with Crippen molar-refractivity contribution in [2.45, 2.75) is 18.7 Å². The van der Waals surface area contributed by atoms with E-state index in [1.807, 2.05) is 0 Å². The van der Waals surface area contributed by atoms with Crippen molar-refractivity contribution in [2.24, 2.45) is 5.10 Å². The van der Waals surface area contributed by atoms with Crippen molar-refractivity contribution in [3.05, 3.63) is 58.1 Å². The van der Waals surface area contributed by atoms with Gasteiger partial charge in [0, 0.05) is 24.7 Å². The Bertz CT molecular complexity index is 1080. The van der Waals surface area contributed by atoms with Gasteiger partial charge in [-0.25, -0.2) is 13.2 Å². The van der Waals surface area contributed by atoms with E-state index >= 15 is 0 Å². The molecule has 0 aliphatic carbocycles. The van der Waals surface area contributed by atoms with Crippen LogP contribution in [0.4, 0.5) is 11.4 Å². The van der Waals surface area contributed by atoms with Gasteiger partial charge in [-0.1, -0.05) is 26.0 Å². The summed E-state index contributed by atoms with van der Waals surface area (Å²) < 4.78 is 31.6. The van der Waals surface area contributed by atoms with E-state index in [-0.39, 0.29) is 29.4 Å². The van der Waals surface area contributed by atoms with E-state index in [4.69, 9.17) is 9.84 Å². The lowest BCUT2D eigenvalue weighted by atomic mass is 10.2. The van der Waals surface area contributed by atoms with Gasteiger partial charge in [0.05, 0.1) is 16.0 Å². The number of benzene rings is 2. The van der Waals surface area contributed by atoms with Crippen LogP contribution in [0.5, 0.6) is 5.75 Å². The molecule has 2 aromatic carbocycles. The van der Waals surface area contributed by atoms with E-state index in [1.165, 1.54) is 22.7 Å². The lowest BCUT2D eigenvalue weighted by Crippen LogP contribution is -2.30. The van der Waals surface area contributed by atoms with Crippen molar-refractivity contribution < 1.29 is 28.0 Å². The molecule has 0 amide bonds. The molecule has 12 heteroatoms. The highest BCUT2D eigenvalue weighted by Gasteiger charge is 2.25. The molecule has 0 aliphatic heterocycles. The number of rotatable bonds is 11. The Morgan fingerprint density at radius 1 is 1.26 bits per heavy atom. The van der Waals surface area contributed by atoms with Crippen molar-refractivity contribution in [1.29, 1.82) is 0 Å². The van der Waals surface area contributed by atoms with E-state index in [0.717, 1.165) is 6.07 Å². The second kappa shape index (κ2) is 10.5. The molecule has 0 aromatic heterocycles. The summed E-state index contributed by atoms with van der Waals surface area (Å²) >= 11 is 0. The highest BCUT2D eigenvalue weighted by Crippen LogP contribution is 2.29. The standard InChI is InChI=1S/C19H22N4O7S/c1-3-22(4-2)31(28,29)15-9-10-16(17(11-15)23(26)27)21-20-12-14-7-5-6-8-18(14)30-13-19(24)25/h5-12,21H,3-4,13H2,1-2H3,(H,24,25). The van der Waals surface area contributed by atoms with Gasteiger partial charge >= 0.3 is 5.97 Å². The number of sulfonamides is 1. The molecule has 2 N–H and O–H groups in total. The number of anilines is 1. The number of carboxylic acids is 1. The highest BCUT2D eigenvalue weighted by atomic mass is 32.2. The lowest BCUT2D eigenvalue weighted by molar-refractivity contribution is -0.384. The number of aliphatic carboxylic acids is 1. The summed E-state index contributed by atoms with van der Waals surface area (Å²) in [5.74, 6) is -0.870. The van der Waals surface area contributed by atoms with Crippen LogP contribution in [0, 0.1) is 10.1 Å². The fraction of sp³-hybridized carbons (Fsp3) is 0.263. The molecule has 0 aliphatic rings. The van der Waals surface area contributed by atoms with Gasteiger partial charge in [0.25, 0.3) is 5.69 Å². The Morgan fingerprint density at radius 3 is 2.55 bits per heavy atom. The summed E-state index contributed by atoms with van der Waals surface area (Å²) in [6, 6.07) is 10.0. The van der Waals surface area contributed by atoms with Crippen molar-refractivity contribution in [1.82, 2.24) is 4.31 Å². The molecular formula is C19H22N4O7S. The molecule has 11 nitrogen and oxygen atoms in total. The van der Waals surface area contributed by atoms with Gasteiger partial charge in [0.1, 0.15) is 11.4 Å². The van der Waals surface area contributed by atoms with E-state index < -0.39 is 33.2 Å². The third-order valence-corrected chi connectivity index (χ3v) is 6.21. The predicted octanol–water partition coefficient (Wildman–Crippen LogP) is 2.53. The van der Waals surface area contributed by atoms with Crippen LogP contribution in [0.25, 0.3) is 0 Å². The van der Waals surface area contributed by atoms with Crippen molar-refractivity contribution in [3.8, 4) is 5.75 Å². The number of carbonyl (C=O) groups is 1. The Kier molecular flexibility index (Phi) is 8.05. The Labute approximate surface area is 179 Å². The highest BCUT2D eigenvalue weighted by molar-refractivity contribution is 7.89. The maximum Gasteiger partial charge on any atom is 0.341 e. The zero-order valence-electron chi connectivity index (χ0n) is 16.9. The first-order chi connectivity index (χ1) is 14.7. The maximum atomic E-state index is 12.6. The molecule has 166 valence electrons. The first kappa shape index (κ1) is 23.8. The third kappa shape index (κ3) is 5.99. The quantitative estimate of drug-likeness (QED) is 0.301. The number of para-hydroxylation sites is 1. The normalized spacial score (nSPS) is 11.6. The van der Waals surface area contributed by atoms with E-state index in [2.05, 4.69) is 10.5 Å². The molecule has 31 heavy (non-hydrogen) atoms. The molecule has 0 bridgehead atoms. The van der Waals surface area contributed by atoms with Crippen LogP contribution >= 0.6 is 0 Å². The van der Waals surface area contributed by atoms with E-state index in [1.54, 1.807) is 38.1 Å². The average Bonchev–Trinajstić information content (AvgIpc) is 2.73. The molecule has 0 fully saturated rings. The summed E-state index contributed by atoms with van der Waals surface area (Å²) in [5.41, 5.74) is 2.49. The summed E-state index contributed by atoms with van der Waals surface area (Å²) in [5, 5.41) is 24.1. The lowest BCUT2D eigenvalue weighted by Gasteiger charge is -2.18. The average molecular weight is 450 g/mol. The SMILES string of the molecule is CCN(CC)S(=O)(=O)c1ccc(NN=Cc2ccccc2OCC(=O)O)c([N+](=O)[O-])c1. The number of hydrogen-bond acceptors (Lipinski definition) is 8. The maximum absolute atomic E-state index is 12.6. The number of nitro benzene ring substituents is 1. The Balaban J connectivity index is 2.29. The van der Waals surface area contributed by atoms with Crippen LogP contribution in [-0.4, -0.2) is 54.6 Å². The van der Waals surface area contributed by atoms with Gasteiger partial charge in [0.2, 0.25) is 10.0 Å². The topological polar surface area (TPSA) is 151 Å². The Morgan fingerprint density at radius 2 is 1.94 bits per heavy atom. The number of hydrazone groups is 1. The van der Waals surface area contributed by atoms with Gasteiger partial charge < -0.3 is 9.84 Å². The van der Waals surface area contributed by atoms with Crippen LogP contribution in [-0.2, 0) is 14.8 Å². The molecule has 0 spiro atoms. The number of hydrogen-bond donors (Lipinski definition) is 2. The molecule has 0 unspecified atom stereocenters. The summed E-state index contributed by atoms with van der Waals surface area (Å²) in [6.07, 6.45) is 1.31. The van der Waals surface area contributed by atoms with E-state index in [9.17, 15) is 23.3 Å². The number of nitrogens with one attached hydrogen (secondary N) is 1. The predicted molar refractivity (Wildman–Crippen MR) is 114 cm³/mol. The Hall–Kier alpha value is -3.51. The molecule has 0 saturated carbocycles. The van der Waals surface area contributed by atoms with Gasteiger partial charge in [-0.3, -0.25) is 15.5 Å². The van der Waals surface area contributed by atoms with Gasteiger partial charge in [-0.15, -0.1) is 0 Å². The van der Waals surface area contributed by atoms with Gasteiger partial charge in [-0.2, -0.15) is 9.41 Å². The van der Waals surface area contributed by atoms with Crippen molar-refractivity contribution in [2.75, 3.05) is 25.1 Å². The second-order valence-corrected chi connectivity index (χ2v) is 8.05. The number of carboxylic acid groups (broad SMARTS) is 1. The third-order valence-electron chi connectivity index (χ3n) is 4.17. The number of ether oxygens (including phenoxy) is 1. The minimum atomic E-state index is -3.86. The zero-order chi connectivity index (χ0) is 23.0. The molecule has 0 heterocycles. The summed E-state index contributed by atoms with van der Waals surface area (Å²) in [6.45, 7) is 3.29. The van der Waals surface area contributed by atoms with E-state index in [0.29, 0.717) is 5.56 Å². The zero-order valence-corrected chi connectivity index (χ0v) is 17.7. The fourth-order valence-electron chi connectivity index (χ4n) is 2.66. The largest absolute Gasteiger partial charge is 0.481 e. The summed E-state index contributed by atoms with van der Waals surface area (Å²) in [4.78, 5) is 21.3. The fourth-order valence-corrected chi connectivity index (χ4v) is 4.14. The number of nitrogens with zero attached hydrogens (tertiary/aromatic N) is 3. The van der Waals surface area contributed by atoms with Crippen LogP contribution in [0.1, 0.15) is 19.4 Å². The first-order valence-electron chi connectivity index (χ1n) is 9.22. The molecule has 0 radical (unpaired) electrons. The van der Waals surface area contributed by atoms with Crippen LogP contribution in [0.3, 0.4) is 0 Å². The van der Waals surface area contributed by atoms with Crippen molar-refractivity contribution >= 4 is 33.6 Å². The monoisotopic (exact) mass is 450 g/mol. The number of nitro groups is 1. The van der Waals surface area contributed by atoms with Crippen LogP contribution in [0.15, 0.2) is 52.5 Å². The second-order valence-electron chi connectivity index (χ2n) is 6.12. The van der Waals surface area contributed by atoms with Crippen molar-refractivity contribution in [3.63, 3.8) is 0 Å². The smallest absolute Gasteiger partial charge is 0.341 e. The van der Waals surface area contributed by atoms with Crippen LogP contribution < -0.4 is 10.2 Å². The molecule has 0 saturated heterocycles. The van der Waals surface area contributed by atoms with Gasteiger partial charge in [0.15, 0.2) is 6.61 Å². The minimum absolute atomic E-state index is 0.0105. The summed E-state index contributed by atoms with van der Waals surface area (Å²) in [7, 11) is -3.86. The molecule has 2 aromatic rings. The first-order valence-corrected chi connectivity index (χ1v) is 10.7. The molecule has 2 rings (SSSR count). The minimum Gasteiger partial charge on any atom is -0.481 e.